The second kappa shape index (κ2) is 18.4. The highest BCUT2D eigenvalue weighted by molar-refractivity contribution is 5.95. The van der Waals surface area contributed by atoms with Crippen molar-refractivity contribution in [1.29, 1.82) is 0 Å². The third-order valence-corrected chi connectivity index (χ3v) is 13.1. The Bertz CT molecular complexity index is 2790. The average molecular weight is 873 g/mol. The first-order valence-corrected chi connectivity index (χ1v) is 22.8. The number of aliphatic hydroxyl groups is 3. The second-order valence-electron chi connectivity index (χ2n) is 16.7. The molecule has 0 aromatic heterocycles. The molecule has 0 aliphatic heterocycles. The van der Waals surface area contributed by atoms with Crippen molar-refractivity contribution in [3.8, 4) is 56.4 Å². The predicted molar refractivity (Wildman–Crippen MR) is 260 cm³/mol. The van der Waals surface area contributed by atoms with Crippen molar-refractivity contribution in [2.75, 3.05) is 46.2 Å². The van der Waals surface area contributed by atoms with E-state index in [0.717, 1.165) is 29.4 Å². The summed E-state index contributed by atoms with van der Waals surface area (Å²) in [4.78, 5) is 0. The number of hydrogen-bond donors (Lipinski definition) is 3. The second-order valence-corrected chi connectivity index (χ2v) is 16.7. The van der Waals surface area contributed by atoms with E-state index in [-0.39, 0.29) is 39.6 Å². The Kier molecular flexibility index (Phi) is 11.9. The molecule has 0 saturated heterocycles. The van der Waals surface area contributed by atoms with Crippen molar-refractivity contribution >= 4 is 0 Å². The van der Waals surface area contributed by atoms with Gasteiger partial charge in [0.2, 0.25) is 0 Å². The lowest BCUT2D eigenvalue weighted by atomic mass is 9.68. The molecule has 7 heteroatoms. The van der Waals surface area contributed by atoms with Crippen LogP contribution in [0.15, 0.2) is 182 Å². The van der Waals surface area contributed by atoms with E-state index < -0.39 is 10.8 Å². The van der Waals surface area contributed by atoms with Gasteiger partial charge in [-0.1, -0.05) is 140 Å². The highest BCUT2D eigenvalue weighted by atomic mass is 16.5. The Morgan fingerprint density at radius 2 is 0.621 bits per heavy atom. The van der Waals surface area contributed by atoms with Crippen LogP contribution in [-0.2, 0) is 10.8 Å². The standard InChI is InChI=1S/C30H28O3.C29H24O4/c1-2-20-32-24-15-11-22(12-16-24)30(23-13-17-25(18-14-23)33-21-19-31)28-9-5-3-7-26(28)27-8-4-6-10-29(27)30;30-13-15-32-19-9-11-23-21-5-1-3-7-25(21)29(27(23)17-19)26-8-4-2-6-22(26)24-12-10-20(18-28(24)29)33-16-14-31/h3-18,31H,2,19-21H2,1H3;1-12,17-18,30-31H,13-16H2. The first kappa shape index (κ1) is 42.8. The van der Waals surface area contributed by atoms with E-state index in [1.54, 1.807) is 0 Å². The zero-order chi connectivity index (χ0) is 45.1. The van der Waals surface area contributed by atoms with Crippen LogP contribution in [0, 0.1) is 0 Å². The summed E-state index contributed by atoms with van der Waals surface area (Å²) in [6.07, 6.45) is 0.983. The van der Waals surface area contributed by atoms with Crippen LogP contribution in [-0.4, -0.2) is 61.6 Å². The van der Waals surface area contributed by atoms with Gasteiger partial charge in [-0.05, 0) is 133 Å². The van der Waals surface area contributed by atoms with Crippen LogP contribution in [0.4, 0.5) is 0 Å². The monoisotopic (exact) mass is 872 g/mol. The summed E-state index contributed by atoms with van der Waals surface area (Å²) in [6.45, 7) is 3.57. The van der Waals surface area contributed by atoms with Crippen LogP contribution in [0.3, 0.4) is 0 Å². The topological polar surface area (TPSA) is 97.6 Å². The zero-order valence-corrected chi connectivity index (χ0v) is 37.0. The molecule has 66 heavy (non-hydrogen) atoms. The Labute approximate surface area is 386 Å². The highest BCUT2D eigenvalue weighted by Gasteiger charge is 2.52. The molecule has 0 amide bonds. The summed E-state index contributed by atoms with van der Waals surface area (Å²) < 4.78 is 23.2. The zero-order valence-electron chi connectivity index (χ0n) is 37.0. The highest BCUT2D eigenvalue weighted by Crippen LogP contribution is 2.63. The lowest BCUT2D eigenvalue weighted by Crippen LogP contribution is -2.28. The molecule has 0 bridgehead atoms. The summed E-state index contributed by atoms with van der Waals surface area (Å²) >= 11 is 0. The van der Waals surface area contributed by atoms with Gasteiger partial charge in [0.25, 0.3) is 0 Å². The van der Waals surface area contributed by atoms with Crippen LogP contribution in [0.5, 0.6) is 23.0 Å². The number of hydrogen-bond acceptors (Lipinski definition) is 7. The minimum absolute atomic E-state index is 0.00110. The maximum absolute atomic E-state index is 9.27. The number of ether oxygens (including phenoxy) is 4. The van der Waals surface area contributed by atoms with Crippen LogP contribution in [0.1, 0.15) is 57.9 Å². The van der Waals surface area contributed by atoms with Crippen LogP contribution < -0.4 is 18.9 Å². The molecule has 0 saturated carbocycles. The molecule has 0 heterocycles. The Balaban J connectivity index is 0.000000155. The summed E-state index contributed by atoms with van der Waals surface area (Å²) in [6, 6.07) is 63.8. The molecule has 7 nitrogen and oxygen atoms in total. The average Bonchev–Trinajstić information content (AvgIpc) is 3.96. The van der Waals surface area contributed by atoms with Gasteiger partial charge < -0.3 is 34.3 Å². The van der Waals surface area contributed by atoms with E-state index in [1.807, 2.05) is 24.3 Å². The van der Waals surface area contributed by atoms with E-state index in [1.165, 1.54) is 77.9 Å². The number of fused-ring (bicyclic) bond motifs is 13. The van der Waals surface area contributed by atoms with Crippen molar-refractivity contribution in [2.24, 2.45) is 0 Å². The van der Waals surface area contributed by atoms with Gasteiger partial charge in [0.15, 0.2) is 0 Å². The van der Waals surface area contributed by atoms with E-state index >= 15 is 0 Å². The Morgan fingerprint density at radius 1 is 0.318 bits per heavy atom. The van der Waals surface area contributed by atoms with Gasteiger partial charge in [-0.25, -0.2) is 0 Å². The third-order valence-electron chi connectivity index (χ3n) is 13.1. The van der Waals surface area contributed by atoms with Crippen molar-refractivity contribution in [3.05, 3.63) is 226 Å². The first-order valence-electron chi connectivity index (χ1n) is 22.8. The van der Waals surface area contributed by atoms with E-state index in [0.29, 0.717) is 6.61 Å². The Hall–Kier alpha value is -7.16. The fourth-order valence-corrected chi connectivity index (χ4v) is 10.6. The van der Waals surface area contributed by atoms with E-state index in [4.69, 9.17) is 24.1 Å². The third kappa shape index (κ3) is 7.02. The van der Waals surface area contributed by atoms with Crippen LogP contribution in [0.25, 0.3) is 33.4 Å². The van der Waals surface area contributed by atoms with Gasteiger partial charge in [-0.15, -0.1) is 0 Å². The summed E-state index contributed by atoms with van der Waals surface area (Å²) in [5.74, 6) is 3.14. The van der Waals surface area contributed by atoms with Crippen molar-refractivity contribution in [3.63, 3.8) is 0 Å². The molecule has 0 atom stereocenters. The molecule has 8 aromatic carbocycles. The molecular formula is C59H52O7. The minimum atomic E-state index is -0.491. The molecular weight excluding hydrogens is 821 g/mol. The van der Waals surface area contributed by atoms with E-state index in [9.17, 15) is 10.2 Å². The SMILES string of the molecule is CCCOc1ccc(C2(c3ccc(OCCO)cc3)c3ccccc3-c3ccccc32)cc1.OCCOc1ccc2c(c1)C1(c3ccccc3-2)c2ccccc2-c2ccc(OCCO)cc21. The van der Waals surface area contributed by atoms with E-state index in [2.05, 4.69) is 165 Å². The van der Waals surface area contributed by atoms with Crippen molar-refractivity contribution < 1.29 is 34.3 Å². The molecule has 1 spiro atoms. The summed E-state index contributed by atoms with van der Waals surface area (Å²) in [5.41, 5.74) is 16.2. The molecule has 11 rings (SSSR count). The molecule has 3 aliphatic carbocycles. The summed E-state index contributed by atoms with van der Waals surface area (Å²) in [5, 5.41) is 27.7. The minimum Gasteiger partial charge on any atom is -0.494 e. The van der Waals surface area contributed by atoms with Crippen molar-refractivity contribution in [2.45, 2.75) is 24.2 Å². The molecule has 0 radical (unpaired) electrons. The predicted octanol–water partition coefficient (Wildman–Crippen LogP) is 11.0. The maximum atomic E-state index is 9.27. The molecule has 330 valence electrons. The Morgan fingerprint density at radius 3 is 0.985 bits per heavy atom. The molecule has 8 aromatic rings. The quantitative estimate of drug-likeness (QED) is 0.100. The fraction of sp³-hybridized carbons (Fsp3) is 0.186. The van der Waals surface area contributed by atoms with Crippen LogP contribution in [0.2, 0.25) is 0 Å². The molecule has 0 unspecified atom stereocenters. The lowest BCUT2D eigenvalue weighted by molar-refractivity contribution is 0.201. The number of rotatable bonds is 14. The van der Waals surface area contributed by atoms with Crippen molar-refractivity contribution in [1.82, 2.24) is 0 Å². The lowest BCUT2D eigenvalue weighted by Gasteiger charge is -2.34. The number of aliphatic hydroxyl groups excluding tert-OH is 3. The largest absolute Gasteiger partial charge is 0.494 e. The normalized spacial score (nSPS) is 13.6. The molecule has 3 aliphatic rings. The summed E-state index contributed by atoms with van der Waals surface area (Å²) in [7, 11) is 0. The fourth-order valence-electron chi connectivity index (χ4n) is 10.6. The molecule has 0 fully saturated rings. The van der Waals surface area contributed by atoms with Gasteiger partial charge in [-0.2, -0.15) is 0 Å². The smallest absolute Gasteiger partial charge is 0.119 e. The number of benzene rings is 8. The van der Waals surface area contributed by atoms with Gasteiger partial charge in [0.05, 0.1) is 37.3 Å². The van der Waals surface area contributed by atoms with Gasteiger partial charge in [0, 0.05) is 0 Å². The van der Waals surface area contributed by atoms with Gasteiger partial charge >= 0.3 is 0 Å². The van der Waals surface area contributed by atoms with Crippen LogP contribution >= 0.6 is 0 Å². The van der Waals surface area contributed by atoms with Gasteiger partial charge in [-0.3, -0.25) is 0 Å². The molecule has 3 N–H and O–H groups in total. The van der Waals surface area contributed by atoms with Gasteiger partial charge in [0.1, 0.15) is 42.8 Å². The first-order chi connectivity index (χ1) is 32.6. The maximum Gasteiger partial charge on any atom is 0.119 e.